The van der Waals surface area contributed by atoms with Crippen LogP contribution in [0.3, 0.4) is 0 Å². The van der Waals surface area contributed by atoms with E-state index in [0.29, 0.717) is 22.6 Å². The number of carbonyl (C=O) groups excluding carboxylic acids is 1. The number of H-pyrrole nitrogens is 1. The topological polar surface area (TPSA) is 92.7 Å². The normalized spacial score (nSPS) is 10.8. The van der Waals surface area contributed by atoms with E-state index >= 15 is 0 Å². The molecule has 0 saturated heterocycles. The quantitative estimate of drug-likeness (QED) is 0.597. The van der Waals surface area contributed by atoms with Gasteiger partial charge in [0.25, 0.3) is 11.5 Å². The van der Waals surface area contributed by atoms with Gasteiger partial charge in [-0.1, -0.05) is 18.2 Å². The Labute approximate surface area is 148 Å². The van der Waals surface area contributed by atoms with E-state index in [2.05, 4.69) is 20.5 Å². The molecule has 0 saturated carbocycles. The summed E-state index contributed by atoms with van der Waals surface area (Å²) in [6, 6.07) is 15.9. The number of aryl methyl sites for hydroxylation is 1. The number of carbonyl (C=O) groups is 1. The Balaban J connectivity index is 1.66. The van der Waals surface area contributed by atoms with E-state index in [1.54, 1.807) is 19.2 Å². The Morgan fingerprint density at radius 3 is 2.62 bits per heavy atom. The molecule has 2 heterocycles. The molecule has 128 valence electrons. The maximum Gasteiger partial charge on any atom is 0.256 e. The van der Waals surface area contributed by atoms with E-state index in [1.807, 2.05) is 36.4 Å². The summed E-state index contributed by atoms with van der Waals surface area (Å²) in [5, 5.41) is 10.2. The SMILES string of the molecule is Cn1c(=O)cc(C(=O)Nc2ccc(-c3ncn[nH]3)cc2)c2ccccc21. The molecule has 0 atom stereocenters. The molecule has 2 N–H and O–H groups in total. The molecule has 7 heteroatoms. The average Bonchev–Trinajstić information content (AvgIpc) is 3.20. The number of pyridine rings is 1. The minimum absolute atomic E-state index is 0.227. The van der Waals surface area contributed by atoms with Crippen LogP contribution in [0.2, 0.25) is 0 Å². The van der Waals surface area contributed by atoms with Crippen LogP contribution in [-0.2, 0) is 7.05 Å². The summed E-state index contributed by atoms with van der Waals surface area (Å²) >= 11 is 0. The van der Waals surface area contributed by atoms with Crippen LogP contribution in [0.5, 0.6) is 0 Å². The van der Waals surface area contributed by atoms with E-state index < -0.39 is 0 Å². The van der Waals surface area contributed by atoms with Gasteiger partial charge in [-0.05, 0) is 30.3 Å². The number of aromatic nitrogens is 4. The highest BCUT2D eigenvalue weighted by Gasteiger charge is 2.13. The number of aromatic amines is 1. The molecule has 2 aromatic carbocycles. The van der Waals surface area contributed by atoms with Crippen molar-refractivity contribution in [2.75, 3.05) is 5.32 Å². The first kappa shape index (κ1) is 15.8. The van der Waals surface area contributed by atoms with Crippen molar-refractivity contribution < 1.29 is 4.79 Å². The highest BCUT2D eigenvalue weighted by molar-refractivity contribution is 6.12. The molecule has 0 unspecified atom stereocenters. The summed E-state index contributed by atoms with van der Waals surface area (Å²) in [6.07, 6.45) is 1.44. The number of nitrogens with one attached hydrogen (secondary N) is 2. The summed E-state index contributed by atoms with van der Waals surface area (Å²) in [6.45, 7) is 0. The van der Waals surface area contributed by atoms with Crippen LogP contribution in [-0.4, -0.2) is 25.7 Å². The number of benzene rings is 2. The molecule has 0 spiro atoms. The van der Waals surface area contributed by atoms with E-state index in [1.165, 1.54) is 17.0 Å². The van der Waals surface area contributed by atoms with Crippen LogP contribution in [0.4, 0.5) is 5.69 Å². The highest BCUT2D eigenvalue weighted by atomic mass is 16.2. The standard InChI is InChI=1S/C19H15N5O2/c1-24-16-5-3-2-4-14(16)15(10-17(24)25)19(26)22-13-8-6-12(7-9-13)18-20-11-21-23-18/h2-11H,1H3,(H,22,26)(H,20,21,23). The second-order valence-electron chi connectivity index (χ2n) is 5.84. The fraction of sp³-hybridized carbons (Fsp3) is 0.0526. The van der Waals surface area contributed by atoms with Gasteiger partial charge < -0.3 is 9.88 Å². The zero-order valence-electron chi connectivity index (χ0n) is 13.9. The van der Waals surface area contributed by atoms with Crippen molar-refractivity contribution >= 4 is 22.5 Å². The third kappa shape index (κ3) is 2.75. The molecule has 0 aliphatic rings. The minimum Gasteiger partial charge on any atom is -0.322 e. The molecule has 0 bridgehead atoms. The second-order valence-corrected chi connectivity index (χ2v) is 5.84. The van der Waals surface area contributed by atoms with Gasteiger partial charge in [0.05, 0.1) is 11.1 Å². The Morgan fingerprint density at radius 1 is 1.12 bits per heavy atom. The van der Waals surface area contributed by atoms with Crippen LogP contribution in [0.15, 0.2) is 65.7 Å². The number of para-hydroxylation sites is 1. The van der Waals surface area contributed by atoms with Crippen molar-refractivity contribution in [2.45, 2.75) is 0 Å². The lowest BCUT2D eigenvalue weighted by atomic mass is 10.1. The molecule has 0 fully saturated rings. The van der Waals surface area contributed by atoms with Gasteiger partial charge in [-0.25, -0.2) is 4.98 Å². The molecule has 0 radical (unpaired) electrons. The molecule has 1 amide bonds. The highest BCUT2D eigenvalue weighted by Crippen LogP contribution is 2.20. The summed E-state index contributed by atoms with van der Waals surface area (Å²) in [5.41, 5.74) is 2.32. The summed E-state index contributed by atoms with van der Waals surface area (Å²) in [4.78, 5) is 29.0. The van der Waals surface area contributed by atoms with Gasteiger partial charge in [0, 0.05) is 29.8 Å². The second kappa shape index (κ2) is 6.29. The Kier molecular flexibility index (Phi) is 3.81. The maximum atomic E-state index is 12.7. The predicted octanol–water partition coefficient (Wildman–Crippen LogP) is 2.58. The summed E-state index contributed by atoms with van der Waals surface area (Å²) in [5.74, 6) is 0.326. The van der Waals surface area contributed by atoms with E-state index in [4.69, 9.17) is 0 Å². The average molecular weight is 345 g/mol. The van der Waals surface area contributed by atoms with E-state index in [0.717, 1.165) is 10.9 Å². The van der Waals surface area contributed by atoms with Crippen molar-refractivity contribution in [1.82, 2.24) is 19.7 Å². The molecule has 4 rings (SSSR count). The monoisotopic (exact) mass is 345 g/mol. The zero-order valence-corrected chi connectivity index (χ0v) is 13.9. The molecular formula is C19H15N5O2. The lowest BCUT2D eigenvalue weighted by Crippen LogP contribution is -2.21. The molecule has 26 heavy (non-hydrogen) atoms. The van der Waals surface area contributed by atoms with E-state index in [-0.39, 0.29) is 11.5 Å². The zero-order chi connectivity index (χ0) is 18.1. The Hall–Kier alpha value is -3.74. The van der Waals surface area contributed by atoms with Gasteiger partial charge in [-0.3, -0.25) is 14.7 Å². The molecule has 0 aliphatic carbocycles. The molecular weight excluding hydrogens is 330 g/mol. The number of rotatable bonds is 3. The Morgan fingerprint density at radius 2 is 1.88 bits per heavy atom. The fourth-order valence-electron chi connectivity index (χ4n) is 2.85. The van der Waals surface area contributed by atoms with Crippen molar-refractivity contribution in [1.29, 1.82) is 0 Å². The fourth-order valence-corrected chi connectivity index (χ4v) is 2.85. The van der Waals surface area contributed by atoms with Crippen LogP contribution in [0.25, 0.3) is 22.3 Å². The first-order valence-corrected chi connectivity index (χ1v) is 7.99. The minimum atomic E-state index is -0.327. The van der Waals surface area contributed by atoms with Crippen molar-refractivity contribution in [3.63, 3.8) is 0 Å². The Bertz CT molecular complexity index is 1140. The molecule has 0 aliphatic heterocycles. The van der Waals surface area contributed by atoms with E-state index in [9.17, 15) is 9.59 Å². The van der Waals surface area contributed by atoms with Crippen LogP contribution in [0.1, 0.15) is 10.4 Å². The first-order chi connectivity index (χ1) is 12.6. The lowest BCUT2D eigenvalue weighted by Gasteiger charge is -2.11. The van der Waals surface area contributed by atoms with Crippen molar-refractivity contribution in [3.8, 4) is 11.4 Å². The third-order valence-corrected chi connectivity index (χ3v) is 4.23. The van der Waals surface area contributed by atoms with Crippen molar-refractivity contribution in [3.05, 3.63) is 76.8 Å². The lowest BCUT2D eigenvalue weighted by molar-refractivity contribution is 0.102. The van der Waals surface area contributed by atoms with Gasteiger partial charge in [-0.2, -0.15) is 5.10 Å². The number of amides is 1. The summed E-state index contributed by atoms with van der Waals surface area (Å²) in [7, 11) is 1.69. The largest absolute Gasteiger partial charge is 0.322 e. The van der Waals surface area contributed by atoms with Gasteiger partial charge in [0.15, 0.2) is 5.82 Å². The smallest absolute Gasteiger partial charge is 0.256 e. The predicted molar refractivity (Wildman–Crippen MR) is 99.0 cm³/mol. The number of hydrogen-bond acceptors (Lipinski definition) is 4. The first-order valence-electron chi connectivity index (χ1n) is 7.99. The van der Waals surface area contributed by atoms with Gasteiger partial charge >= 0.3 is 0 Å². The summed E-state index contributed by atoms with van der Waals surface area (Å²) < 4.78 is 1.53. The van der Waals surface area contributed by atoms with Crippen LogP contribution >= 0.6 is 0 Å². The maximum absolute atomic E-state index is 12.7. The number of fused-ring (bicyclic) bond motifs is 1. The van der Waals surface area contributed by atoms with Crippen LogP contribution in [0, 0.1) is 0 Å². The molecule has 4 aromatic rings. The van der Waals surface area contributed by atoms with Gasteiger partial charge in [-0.15, -0.1) is 0 Å². The number of nitrogens with zero attached hydrogens (tertiary/aromatic N) is 3. The number of hydrogen-bond donors (Lipinski definition) is 2. The van der Waals surface area contributed by atoms with Crippen LogP contribution < -0.4 is 10.9 Å². The van der Waals surface area contributed by atoms with Gasteiger partial charge in [0.1, 0.15) is 6.33 Å². The third-order valence-electron chi connectivity index (χ3n) is 4.23. The number of anilines is 1. The molecule has 7 nitrogen and oxygen atoms in total. The van der Waals surface area contributed by atoms with Crippen molar-refractivity contribution in [2.24, 2.45) is 7.05 Å². The van der Waals surface area contributed by atoms with Gasteiger partial charge in [0.2, 0.25) is 0 Å². The molecule has 2 aromatic heterocycles.